The fourth-order valence-electron chi connectivity index (χ4n) is 0.836. The first-order chi connectivity index (χ1) is 7.35. The summed E-state index contributed by atoms with van der Waals surface area (Å²) in [5, 5.41) is 0. The SMILES string of the molecule is C=CCOP(=O)(O)OP1OCC(C)(C)CO1. The summed E-state index contributed by atoms with van der Waals surface area (Å²) >= 11 is 0. The summed E-state index contributed by atoms with van der Waals surface area (Å²) in [6.45, 7) is 8.06. The third-order valence-electron chi connectivity index (χ3n) is 1.65. The second-order valence-corrected chi connectivity index (χ2v) is 6.88. The van der Waals surface area contributed by atoms with Crippen molar-refractivity contribution in [3.05, 3.63) is 12.7 Å². The molecular weight excluding hydrogens is 254 g/mol. The van der Waals surface area contributed by atoms with Crippen molar-refractivity contribution in [2.24, 2.45) is 5.41 Å². The van der Waals surface area contributed by atoms with Gasteiger partial charge < -0.3 is 13.9 Å². The maximum absolute atomic E-state index is 11.3. The molecule has 0 spiro atoms. The molecule has 0 aromatic rings. The van der Waals surface area contributed by atoms with Crippen molar-refractivity contribution in [1.29, 1.82) is 0 Å². The minimum absolute atomic E-state index is 0.0670. The zero-order chi connectivity index (χ0) is 12.2. The first-order valence-corrected chi connectivity index (χ1v) is 7.28. The molecule has 1 heterocycles. The molecule has 6 nitrogen and oxygen atoms in total. The van der Waals surface area contributed by atoms with Gasteiger partial charge >= 0.3 is 16.4 Å². The Bertz CT molecular complexity index is 282. The molecule has 16 heavy (non-hydrogen) atoms. The third-order valence-corrected chi connectivity index (χ3v) is 4.16. The summed E-state index contributed by atoms with van der Waals surface area (Å²) in [6, 6.07) is 0. The Labute approximate surface area is 96.2 Å². The van der Waals surface area contributed by atoms with Gasteiger partial charge in [0.1, 0.15) is 0 Å². The number of hydrogen-bond acceptors (Lipinski definition) is 5. The molecule has 0 bridgehead atoms. The molecule has 8 heteroatoms. The molecule has 1 aliphatic heterocycles. The number of hydrogen-bond donors (Lipinski definition) is 1. The highest BCUT2D eigenvalue weighted by molar-refractivity contribution is 7.58. The van der Waals surface area contributed by atoms with Crippen LogP contribution < -0.4 is 0 Å². The topological polar surface area (TPSA) is 74.2 Å². The molecule has 94 valence electrons. The maximum Gasteiger partial charge on any atom is 0.479 e. The molecule has 1 atom stereocenters. The molecule has 1 fully saturated rings. The van der Waals surface area contributed by atoms with Gasteiger partial charge in [-0.1, -0.05) is 19.9 Å². The van der Waals surface area contributed by atoms with Crippen LogP contribution in [0, 0.1) is 5.41 Å². The van der Waals surface area contributed by atoms with E-state index in [0.717, 1.165) is 0 Å². The van der Waals surface area contributed by atoms with Gasteiger partial charge in [0.05, 0.1) is 19.8 Å². The van der Waals surface area contributed by atoms with Crippen LogP contribution in [0.15, 0.2) is 12.7 Å². The van der Waals surface area contributed by atoms with Gasteiger partial charge in [0, 0.05) is 5.41 Å². The quantitative estimate of drug-likeness (QED) is 0.611. The van der Waals surface area contributed by atoms with Crippen LogP contribution in [0.1, 0.15) is 13.8 Å². The molecule has 0 saturated carbocycles. The zero-order valence-corrected chi connectivity index (χ0v) is 11.1. The molecule has 0 radical (unpaired) electrons. The maximum atomic E-state index is 11.3. The summed E-state index contributed by atoms with van der Waals surface area (Å²) in [4.78, 5) is 9.25. The van der Waals surface area contributed by atoms with Crippen LogP contribution in [0.4, 0.5) is 0 Å². The van der Waals surface area contributed by atoms with Gasteiger partial charge in [-0.25, -0.2) is 8.88 Å². The molecule has 1 saturated heterocycles. The highest BCUT2D eigenvalue weighted by Crippen LogP contribution is 2.60. The molecule has 0 amide bonds. The van der Waals surface area contributed by atoms with Crippen LogP contribution in [0.25, 0.3) is 0 Å². The van der Waals surface area contributed by atoms with E-state index in [-0.39, 0.29) is 12.0 Å². The van der Waals surface area contributed by atoms with E-state index in [9.17, 15) is 9.46 Å². The molecule has 1 aliphatic rings. The minimum atomic E-state index is -4.11. The van der Waals surface area contributed by atoms with Gasteiger partial charge in [-0.3, -0.25) is 4.52 Å². The lowest BCUT2D eigenvalue weighted by Gasteiger charge is -2.32. The highest BCUT2D eigenvalue weighted by atomic mass is 31.3. The van der Waals surface area contributed by atoms with E-state index >= 15 is 0 Å². The van der Waals surface area contributed by atoms with Crippen molar-refractivity contribution in [3.8, 4) is 0 Å². The Morgan fingerprint density at radius 1 is 1.56 bits per heavy atom. The lowest BCUT2D eigenvalue weighted by atomic mass is 9.97. The van der Waals surface area contributed by atoms with Gasteiger partial charge in [-0.05, 0) is 0 Å². The van der Waals surface area contributed by atoms with Gasteiger partial charge in [0.25, 0.3) is 0 Å². The molecule has 0 aromatic heterocycles. The third kappa shape index (κ3) is 5.02. The first kappa shape index (κ1) is 14.3. The average Bonchev–Trinajstić information content (AvgIpc) is 2.18. The molecule has 1 rings (SSSR count). The smallest absolute Gasteiger partial charge is 0.311 e. The first-order valence-electron chi connectivity index (χ1n) is 4.69. The molecule has 0 aliphatic carbocycles. The van der Waals surface area contributed by atoms with Crippen molar-refractivity contribution in [3.63, 3.8) is 0 Å². The summed E-state index contributed by atoms with van der Waals surface area (Å²) in [6.07, 6.45) is 1.35. The molecule has 1 unspecified atom stereocenters. The Balaban J connectivity index is 2.38. The molecular formula is C8H16O6P2. The van der Waals surface area contributed by atoms with Crippen LogP contribution in [-0.2, 0) is 22.4 Å². The van der Waals surface area contributed by atoms with Crippen molar-refractivity contribution in [1.82, 2.24) is 0 Å². The van der Waals surface area contributed by atoms with E-state index in [1.807, 2.05) is 13.8 Å². The van der Waals surface area contributed by atoms with E-state index in [0.29, 0.717) is 13.2 Å². The summed E-state index contributed by atoms with van der Waals surface area (Å²) in [7, 11) is -5.92. The van der Waals surface area contributed by atoms with E-state index in [4.69, 9.17) is 13.4 Å². The van der Waals surface area contributed by atoms with Crippen molar-refractivity contribution in [2.45, 2.75) is 13.8 Å². The summed E-state index contributed by atoms with van der Waals surface area (Å²) < 4.78 is 31.0. The van der Waals surface area contributed by atoms with E-state index in [2.05, 4.69) is 11.1 Å². The minimum Gasteiger partial charge on any atom is -0.311 e. The second-order valence-electron chi connectivity index (χ2n) is 4.07. The normalized spacial score (nSPS) is 24.9. The standard InChI is InChI=1S/C8H16O6P2/c1-4-5-13-16(9,10)14-15-11-6-8(2,3)7-12-15/h4H,1,5-7H2,2-3H3,(H,9,10). The van der Waals surface area contributed by atoms with Gasteiger partial charge in [0.2, 0.25) is 0 Å². The average molecular weight is 270 g/mol. The number of rotatable bonds is 5. The van der Waals surface area contributed by atoms with Crippen LogP contribution in [-0.4, -0.2) is 24.7 Å². The lowest BCUT2D eigenvalue weighted by molar-refractivity contribution is 0.0378. The van der Waals surface area contributed by atoms with Crippen molar-refractivity contribution < 1.29 is 27.3 Å². The highest BCUT2D eigenvalue weighted by Gasteiger charge is 2.35. The van der Waals surface area contributed by atoms with Crippen LogP contribution in [0.3, 0.4) is 0 Å². The molecule has 0 aromatic carbocycles. The zero-order valence-electron chi connectivity index (χ0n) is 9.29. The lowest BCUT2D eigenvalue weighted by Crippen LogP contribution is -2.28. The monoisotopic (exact) mass is 270 g/mol. The van der Waals surface area contributed by atoms with E-state index in [1.54, 1.807) is 0 Å². The number of phosphoric acid groups is 1. The Morgan fingerprint density at radius 2 is 2.12 bits per heavy atom. The van der Waals surface area contributed by atoms with Crippen LogP contribution in [0.5, 0.6) is 0 Å². The largest absolute Gasteiger partial charge is 0.479 e. The fraction of sp³-hybridized carbons (Fsp3) is 0.750. The van der Waals surface area contributed by atoms with Gasteiger partial charge in [0.15, 0.2) is 0 Å². The Hall–Kier alpha value is 0.200. The summed E-state index contributed by atoms with van der Waals surface area (Å²) in [5.41, 5.74) is -0.108. The second kappa shape index (κ2) is 5.69. The number of phosphoric ester groups is 1. The van der Waals surface area contributed by atoms with Crippen molar-refractivity contribution in [2.75, 3.05) is 19.8 Å². The summed E-state index contributed by atoms with van der Waals surface area (Å²) in [5.74, 6) is 0. The van der Waals surface area contributed by atoms with E-state index in [1.165, 1.54) is 6.08 Å². The fourth-order valence-corrected chi connectivity index (χ4v) is 3.35. The Morgan fingerprint density at radius 3 is 2.62 bits per heavy atom. The van der Waals surface area contributed by atoms with Gasteiger partial charge in [-0.15, -0.1) is 6.58 Å². The van der Waals surface area contributed by atoms with E-state index < -0.39 is 16.4 Å². The van der Waals surface area contributed by atoms with Gasteiger partial charge in [-0.2, -0.15) is 0 Å². The predicted octanol–water partition coefficient (Wildman–Crippen LogP) is 2.61. The predicted molar refractivity (Wildman–Crippen MR) is 59.7 cm³/mol. The Kier molecular flexibility index (Phi) is 5.08. The van der Waals surface area contributed by atoms with Crippen LogP contribution >= 0.6 is 16.4 Å². The van der Waals surface area contributed by atoms with Crippen molar-refractivity contribution >= 4 is 16.4 Å². The van der Waals surface area contributed by atoms with Crippen LogP contribution in [0.2, 0.25) is 0 Å². The molecule has 1 N–H and O–H groups in total.